The first-order chi connectivity index (χ1) is 5.69. The van der Waals surface area contributed by atoms with Crippen molar-refractivity contribution in [1.82, 2.24) is 0 Å². The molecular weight excluding hydrogens is 399 g/mol. The Bertz CT molecular complexity index is 259. The minimum absolute atomic E-state index is 0.855. The lowest BCUT2D eigenvalue weighted by Crippen LogP contribution is -1.89. The molecule has 1 aromatic carbocycles. The number of methoxy groups -OCH3 is 1. The van der Waals surface area contributed by atoms with Gasteiger partial charge < -0.3 is 4.74 Å². The lowest BCUT2D eigenvalue weighted by molar-refractivity contribution is 0.411. The molecule has 12 heavy (non-hydrogen) atoms. The quantitative estimate of drug-likeness (QED) is 0.534. The van der Waals surface area contributed by atoms with Crippen molar-refractivity contribution in [2.45, 2.75) is 5.33 Å². The number of alkyl halides is 1. The number of benzene rings is 1. The van der Waals surface area contributed by atoms with Gasteiger partial charge in [0.05, 0.1) is 10.7 Å². The van der Waals surface area contributed by atoms with Crippen LogP contribution >= 0.6 is 54.5 Å². The van der Waals surface area contributed by atoms with Crippen LogP contribution in [-0.4, -0.2) is 7.11 Å². The predicted octanol–water partition coefficient (Wildman–Crippen LogP) is 3.96. The van der Waals surface area contributed by atoms with Crippen LogP contribution in [0, 0.1) is 3.57 Å². The summed E-state index contributed by atoms with van der Waals surface area (Å²) < 4.78 is 7.38. The van der Waals surface area contributed by atoms with Crippen LogP contribution in [-0.2, 0) is 5.33 Å². The molecule has 0 aliphatic carbocycles. The minimum atomic E-state index is 0.855. The Balaban J connectivity index is 3.16. The Kier molecular flexibility index (Phi) is 4.32. The van der Waals surface area contributed by atoms with Crippen molar-refractivity contribution in [2.24, 2.45) is 0 Å². The van der Waals surface area contributed by atoms with Gasteiger partial charge in [-0.1, -0.05) is 31.9 Å². The third kappa shape index (κ3) is 2.35. The fourth-order valence-electron chi connectivity index (χ4n) is 0.829. The van der Waals surface area contributed by atoms with Crippen LogP contribution in [0.1, 0.15) is 5.56 Å². The zero-order valence-corrected chi connectivity index (χ0v) is 11.7. The molecule has 0 saturated carbocycles. The van der Waals surface area contributed by atoms with Gasteiger partial charge in [-0.05, 0) is 40.3 Å². The summed E-state index contributed by atoms with van der Waals surface area (Å²) in [6.07, 6.45) is 0. The van der Waals surface area contributed by atoms with Crippen LogP contribution in [0.3, 0.4) is 0 Å². The topological polar surface area (TPSA) is 9.23 Å². The fraction of sp³-hybridized carbons (Fsp3) is 0.250. The summed E-state index contributed by atoms with van der Waals surface area (Å²) in [5.41, 5.74) is 1.24. The van der Waals surface area contributed by atoms with E-state index >= 15 is 0 Å². The van der Waals surface area contributed by atoms with E-state index in [1.165, 1.54) is 5.56 Å². The van der Waals surface area contributed by atoms with Gasteiger partial charge in [-0.15, -0.1) is 0 Å². The standard InChI is InChI=1S/C8H7Br2IO/c1-12-8-3-6(10)5(4-9)2-7(8)11/h2-3H,4H2,1H3. The molecule has 0 aliphatic heterocycles. The van der Waals surface area contributed by atoms with Gasteiger partial charge in [0, 0.05) is 9.80 Å². The maximum Gasteiger partial charge on any atom is 0.133 e. The first-order valence-electron chi connectivity index (χ1n) is 3.27. The summed E-state index contributed by atoms with van der Waals surface area (Å²) in [5, 5.41) is 0.855. The van der Waals surface area contributed by atoms with E-state index in [0.29, 0.717) is 0 Å². The summed E-state index contributed by atoms with van der Waals surface area (Å²) >= 11 is 9.14. The lowest BCUT2D eigenvalue weighted by Gasteiger charge is -2.06. The molecule has 0 atom stereocenters. The Morgan fingerprint density at radius 3 is 2.67 bits per heavy atom. The minimum Gasteiger partial charge on any atom is -0.496 e. The van der Waals surface area contributed by atoms with Crippen molar-refractivity contribution in [3.63, 3.8) is 0 Å². The molecule has 0 aromatic heterocycles. The molecule has 0 fully saturated rings. The zero-order valence-electron chi connectivity index (χ0n) is 6.40. The molecule has 0 aliphatic rings. The van der Waals surface area contributed by atoms with Crippen LogP contribution in [0.4, 0.5) is 0 Å². The van der Waals surface area contributed by atoms with Gasteiger partial charge >= 0.3 is 0 Å². The molecule has 0 saturated heterocycles. The van der Waals surface area contributed by atoms with E-state index in [-0.39, 0.29) is 0 Å². The van der Waals surface area contributed by atoms with Crippen LogP contribution in [0.25, 0.3) is 0 Å². The average molecular weight is 406 g/mol. The highest BCUT2D eigenvalue weighted by atomic mass is 127. The molecule has 0 heterocycles. The van der Waals surface area contributed by atoms with Crippen LogP contribution in [0.2, 0.25) is 0 Å². The first-order valence-corrected chi connectivity index (χ1v) is 6.26. The molecule has 1 rings (SSSR count). The van der Waals surface area contributed by atoms with E-state index < -0.39 is 0 Å². The maximum atomic E-state index is 5.17. The number of hydrogen-bond donors (Lipinski definition) is 0. The van der Waals surface area contributed by atoms with Gasteiger partial charge in [-0.25, -0.2) is 0 Å². The van der Waals surface area contributed by atoms with Crippen molar-refractivity contribution in [3.8, 4) is 5.75 Å². The molecular formula is C8H7Br2IO. The first kappa shape index (κ1) is 10.8. The largest absolute Gasteiger partial charge is 0.496 e. The average Bonchev–Trinajstić information content (AvgIpc) is 2.08. The summed E-state index contributed by atoms with van der Waals surface area (Å²) in [4.78, 5) is 0. The monoisotopic (exact) mass is 404 g/mol. The molecule has 1 aromatic rings. The number of halogens is 3. The second-order valence-corrected chi connectivity index (χ2v) is 4.79. The molecule has 0 radical (unpaired) electrons. The van der Waals surface area contributed by atoms with E-state index in [1.54, 1.807) is 7.11 Å². The zero-order chi connectivity index (χ0) is 9.14. The molecule has 0 spiro atoms. The second kappa shape index (κ2) is 4.81. The second-order valence-electron chi connectivity index (χ2n) is 2.21. The SMILES string of the molecule is COc1cc(Br)c(CBr)cc1I. The molecule has 0 amide bonds. The highest BCUT2D eigenvalue weighted by molar-refractivity contribution is 14.1. The van der Waals surface area contributed by atoms with Crippen molar-refractivity contribution in [3.05, 3.63) is 25.7 Å². The molecule has 0 bridgehead atoms. The lowest BCUT2D eigenvalue weighted by atomic mass is 10.2. The number of ether oxygens (including phenoxy) is 1. The van der Waals surface area contributed by atoms with Gasteiger partial charge in [0.2, 0.25) is 0 Å². The Morgan fingerprint density at radius 2 is 2.17 bits per heavy atom. The Morgan fingerprint density at radius 1 is 1.50 bits per heavy atom. The van der Waals surface area contributed by atoms with Gasteiger partial charge in [-0.2, -0.15) is 0 Å². The summed E-state index contributed by atoms with van der Waals surface area (Å²) in [7, 11) is 1.68. The summed E-state index contributed by atoms with van der Waals surface area (Å²) in [5.74, 6) is 0.909. The smallest absolute Gasteiger partial charge is 0.133 e. The van der Waals surface area contributed by atoms with E-state index in [0.717, 1.165) is 19.1 Å². The predicted molar refractivity (Wildman–Crippen MR) is 66.0 cm³/mol. The van der Waals surface area contributed by atoms with E-state index in [9.17, 15) is 0 Å². The van der Waals surface area contributed by atoms with E-state index in [1.807, 2.05) is 6.07 Å². The van der Waals surface area contributed by atoms with Gasteiger partial charge in [0.25, 0.3) is 0 Å². The Hall–Kier alpha value is 0.710. The van der Waals surface area contributed by atoms with Gasteiger partial charge in [0.1, 0.15) is 5.75 Å². The third-order valence-electron chi connectivity index (χ3n) is 1.46. The van der Waals surface area contributed by atoms with Crippen molar-refractivity contribution in [2.75, 3.05) is 7.11 Å². The van der Waals surface area contributed by atoms with Crippen LogP contribution in [0.5, 0.6) is 5.75 Å². The third-order valence-corrected chi connectivity index (χ3v) is 3.65. The Labute approximate surface area is 102 Å². The summed E-state index contributed by atoms with van der Waals surface area (Å²) in [6.45, 7) is 0. The van der Waals surface area contributed by atoms with Crippen molar-refractivity contribution >= 4 is 54.5 Å². The highest BCUT2D eigenvalue weighted by Crippen LogP contribution is 2.29. The molecule has 0 unspecified atom stereocenters. The van der Waals surface area contributed by atoms with Crippen molar-refractivity contribution < 1.29 is 4.74 Å². The number of rotatable bonds is 2. The van der Waals surface area contributed by atoms with Crippen LogP contribution < -0.4 is 4.74 Å². The van der Waals surface area contributed by atoms with Crippen molar-refractivity contribution in [1.29, 1.82) is 0 Å². The van der Waals surface area contributed by atoms with Gasteiger partial charge in [0.15, 0.2) is 0 Å². The highest BCUT2D eigenvalue weighted by Gasteiger charge is 2.05. The van der Waals surface area contributed by atoms with Crippen LogP contribution in [0.15, 0.2) is 16.6 Å². The molecule has 1 nitrogen and oxygen atoms in total. The molecule has 0 N–H and O–H groups in total. The molecule has 66 valence electrons. The van der Waals surface area contributed by atoms with E-state index in [2.05, 4.69) is 60.5 Å². The fourth-order valence-corrected chi connectivity index (χ4v) is 2.88. The summed E-state index contributed by atoms with van der Waals surface area (Å²) in [6, 6.07) is 4.08. The molecule has 4 heteroatoms. The van der Waals surface area contributed by atoms with E-state index in [4.69, 9.17) is 4.74 Å². The normalized spacial score (nSPS) is 10.0. The van der Waals surface area contributed by atoms with Gasteiger partial charge in [-0.3, -0.25) is 0 Å². The maximum absolute atomic E-state index is 5.17. The number of hydrogen-bond acceptors (Lipinski definition) is 1.